The molecule has 5 rings (SSSR count). The Hall–Kier alpha value is -1.81. The Morgan fingerprint density at radius 1 is 1.00 bits per heavy atom. The van der Waals surface area contributed by atoms with Gasteiger partial charge in [-0.25, -0.2) is 0 Å². The summed E-state index contributed by atoms with van der Waals surface area (Å²) >= 11 is 12.3. The van der Waals surface area contributed by atoms with E-state index in [2.05, 4.69) is 6.92 Å². The lowest BCUT2D eigenvalue weighted by atomic mass is 9.68. The lowest BCUT2D eigenvalue weighted by Crippen LogP contribution is -2.39. The molecule has 2 fully saturated rings. The van der Waals surface area contributed by atoms with Crippen LogP contribution in [0.5, 0.6) is 0 Å². The highest BCUT2D eigenvalue weighted by Gasteiger charge is 2.69. The second-order valence-corrected chi connectivity index (χ2v) is 9.98. The van der Waals surface area contributed by atoms with Crippen molar-refractivity contribution in [2.75, 3.05) is 0 Å². The molecule has 3 nitrogen and oxygen atoms in total. The van der Waals surface area contributed by atoms with Crippen LogP contribution in [-0.2, 0) is 16.0 Å². The minimum absolute atomic E-state index is 0.00409. The predicted octanol–water partition coefficient (Wildman–Crippen LogP) is 6.65. The lowest BCUT2D eigenvalue weighted by Gasteiger charge is -2.30. The van der Waals surface area contributed by atoms with Crippen LogP contribution in [0.2, 0.25) is 10.0 Å². The quantitative estimate of drug-likeness (QED) is 0.578. The largest absolute Gasteiger partial charge is 0.511 e. The molecule has 5 heteroatoms. The molecule has 2 bridgehead atoms. The zero-order chi connectivity index (χ0) is 21.4. The van der Waals surface area contributed by atoms with E-state index in [0.29, 0.717) is 15.6 Å². The van der Waals surface area contributed by atoms with E-state index in [9.17, 15) is 9.90 Å². The molecule has 0 unspecified atom stereocenters. The van der Waals surface area contributed by atoms with Gasteiger partial charge in [0.2, 0.25) is 0 Å². The first kappa shape index (κ1) is 20.1. The maximum atomic E-state index is 13.6. The number of hydrogen-bond donors (Lipinski definition) is 1. The summed E-state index contributed by atoms with van der Waals surface area (Å²) in [6, 6.07) is 11.6. The van der Waals surface area contributed by atoms with E-state index in [-0.39, 0.29) is 23.4 Å². The van der Waals surface area contributed by atoms with E-state index in [1.165, 1.54) is 0 Å². The van der Waals surface area contributed by atoms with Crippen molar-refractivity contribution in [3.05, 3.63) is 63.3 Å². The molecule has 30 heavy (non-hydrogen) atoms. The maximum Gasteiger partial charge on any atom is 0.173 e. The number of benzene rings is 2. The molecular formula is C25H24Cl2O3. The average Bonchev–Trinajstić information content (AvgIpc) is 3.27. The number of rotatable bonds is 3. The first-order chi connectivity index (χ1) is 14.2. The van der Waals surface area contributed by atoms with E-state index in [0.717, 1.165) is 41.5 Å². The molecule has 4 atom stereocenters. The zero-order valence-electron chi connectivity index (χ0n) is 17.3. The number of Topliss-reactive ketones (excluding diaryl/α,β-unsaturated/α-hetero) is 1. The van der Waals surface area contributed by atoms with Crippen LogP contribution in [0.25, 0.3) is 16.7 Å². The van der Waals surface area contributed by atoms with E-state index < -0.39 is 11.2 Å². The van der Waals surface area contributed by atoms with Gasteiger partial charge in [-0.15, -0.1) is 0 Å². The third-order valence-corrected chi connectivity index (χ3v) is 8.06. The van der Waals surface area contributed by atoms with Crippen LogP contribution >= 0.6 is 23.2 Å². The number of allylic oxidation sites excluding steroid dienone is 1. The van der Waals surface area contributed by atoms with Crippen LogP contribution in [0, 0.1) is 11.8 Å². The Morgan fingerprint density at radius 2 is 1.63 bits per heavy atom. The van der Waals surface area contributed by atoms with Gasteiger partial charge in [0.15, 0.2) is 5.78 Å². The van der Waals surface area contributed by atoms with Crippen LogP contribution in [0.4, 0.5) is 0 Å². The molecule has 3 aliphatic rings. The predicted molar refractivity (Wildman–Crippen MR) is 120 cm³/mol. The Morgan fingerprint density at radius 3 is 2.27 bits per heavy atom. The third kappa shape index (κ3) is 2.65. The number of ether oxygens (including phenoxy) is 1. The van der Waals surface area contributed by atoms with Crippen molar-refractivity contribution >= 4 is 34.6 Å². The van der Waals surface area contributed by atoms with Crippen molar-refractivity contribution in [1.82, 2.24) is 0 Å². The average molecular weight is 443 g/mol. The fourth-order valence-electron chi connectivity index (χ4n) is 5.83. The molecule has 0 aromatic heterocycles. The van der Waals surface area contributed by atoms with Crippen LogP contribution in [0.1, 0.15) is 44.7 Å². The molecule has 1 N–H and O–H groups in total. The van der Waals surface area contributed by atoms with Crippen LogP contribution in [-0.4, -0.2) is 22.1 Å². The minimum Gasteiger partial charge on any atom is -0.511 e. The van der Waals surface area contributed by atoms with Gasteiger partial charge in [0.1, 0.15) is 5.76 Å². The monoisotopic (exact) mass is 442 g/mol. The molecule has 0 saturated carbocycles. The normalized spacial score (nSPS) is 32.2. The van der Waals surface area contributed by atoms with Crippen LogP contribution in [0.3, 0.4) is 0 Å². The third-order valence-electron chi connectivity index (χ3n) is 7.33. The van der Waals surface area contributed by atoms with Gasteiger partial charge < -0.3 is 9.84 Å². The Balaban J connectivity index is 1.66. The highest BCUT2D eigenvalue weighted by molar-refractivity contribution is 6.42. The molecule has 2 aromatic rings. The number of hydrogen-bond acceptors (Lipinski definition) is 3. The second-order valence-electron chi connectivity index (χ2n) is 9.16. The van der Waals surface area contributed by atoms with Crippen molar-refractivity contribution in [3.8, 4) is 11.1 Å². The SMILES string of the molecule is CCc1ccc(-c2ccc(Cl)c(Cl)c2)cc1C1=C(O)[C@H]2[C@@H](C1=O)[C@]1(C)CC[C@@]2(C)O1. The fraction of sp³-hybridized carbons (Fsp3) is 0.400. The number of ketones is 1. The summed E-state index contributed by atoms with van der Waals surface area (Å²) in [5.41, 5.74) is 3.19. The standard InChI is InChI=1S/C25H24Cl2O3/c1-4-13-5-6-14(15-7-8-17(26)18(27)12-15)11-16(13)19-22(28)20-21(23(19)29)25(3)10-9-24(20,2)30-25/h5-8,11-12,20-21,28H,4,9-10H2,1-3H3/t20-,21+,24-,25+/m1/s1. The number of aliphatic hydroxyl groups excluding tert-OH is 1. The molecule has 0 radical (unpaired) electrons. The van der Waals surface area contributed by atoms with Gasteiger partial charge in [0.05, 0.1) is 38.7 Å². The zero-order valence-corrected chi connectivity index (χ0v) is 18.8. The number of aliphatic hydroxyl groups is 1. The number of carbonyl (C=O) groups is 1. The Labute approximate surface area is 186 Å². The number of aryl methyl sites for hydroxylation is 1. The topological polar surface area (TPSA) is 46.5 Å². The minimum atomic E-state index is -0.500. The highest BCUT2D eigenvalue weighted by atomic mass is 35.5. The molecule has 156 valence electrons. The van der Waals surface area contributed by atoms with Crippen molar-refractivity contribution in [1.29, 1.82) is 0 Å². The second kappa shape index (κ2) is 6.59. The number of fused-ring (bicyclic) bond motifs is 5. The first-order valence-electron chi connectivity index (χ1n) is 10.4. The van der Waals surface area contributed by atoms with Crippen molar-refractivity contribution in [3.63, 3.8) is 0 Å². The van der Waals surface area contributed by atoms with Gasteiger partial charge in [-0.05, 0) is 73.6 Å². The summed E-state index contributed by atoms with van der Waals surface area (Å²) in [6.07, 6.45) is 2.47. The van der Waals surface area contributed by atoms with Gasteiger partial charge in [0.25, 0.3) is 0 Å². The Kier molecular flexibility index (Phi) is 4.42. The van der Waals surface area contributed by atoms with Gasteiger partial charge in [-0.1, -0.05) is 48.3 Å². The number of carbonyl (C=O) groups excluding carboxylic acids is 1. The van der Waals surface area contributed by atoms with Crippen molar-refractivity contribution < 1.29 is 14.6 Å². The summed E-state index contributed by atoms with van der Waals surface area (Å²) in [4.78, 5) is 13.6. The van der Waals surface area contributed by atoms with Gasteiger partial charge in [-0.3, -0.25) is 4.79 Å². The van der Waals surface area contributed by atoms with E-state index >= 15 is 0 Å². The van der Waals surface area contributed by atoms with E-state index in [1.54, 1.807) is 6.07 Å². The first-order valence-corrected chi connectivity index (χ1v) is 11.2. The molecule has 2 saturated heterocycles. The summed E-state index contributed by atoms with van der Waals surface area (Å²) < 4.78 is 6.27. The summed E-state index contributed by atoms with van der Waals surface area (Å²) in [7, 11) is 0. The van der Waals surface area contributed by atoms with E-state index in [4.69, 9.17) is 27.9 Å². The molecule has 0 spiro atoms. The van der Waals surface area contributed by atoms with Crippen molar-refractivity contribution in [2.24, 2.45) is 11.8 Å². The van der Waals surface area contributed by atoms with E-state index in [1.807, 2.05) is 44.2 Å². The summed E-state index contributed by atoms with van der Waals surface area (Å²) in [5.74, 6) is -0.386. The smallest absolute Gasteiger partial charge is 0.173 e. The van der Waals surface area contributed by atoms with Gasteiger partial charge in [-0.2, -0.15) is 0 Å². The Bertz CT molecular complexity index is 1120. The van der Waals surface area contributed by atoms with Crippen LogP contribution < -0.4 is 0 Å². The van der Waals surface area contributed by atoms with Gasteiger partial charge in [0, 0.05) is 0 Å². The molecule has 2 aliphatic heterocycles. The van der Waals surface area contributed by atoms with Gasteiger partial charge >= 0.3 is 0 Å². The molecule has 2 aromatic carbocycles. The fourth-order valence-corrected chi connectivity index (χ4v) is 6.13. The molecule has 0 amide bonds. The van der Waals surface area contributed by atoms with Crippen molar-refractivity contribution in [2.45, 2.75) is 51.2 Å². The summed E-state index contributed by atoms with van der Waals surface area (Å²) in [6.45, 7) is 6.11. The molecule has 1 aliphatic carbocycles. The lowest BCUT2D eigenvalue weighted by molar-refractivity contribution is -0.121. The highest BCUT2D eigenvalue weighted by Crippen LogP contribution is 2.63. The maximum absolute atomic E-state index is 13.6. The molecule has 2 heterocycles. The summed E-state index contributed by atoms with van der Waals surface area (Å²) in [5, 5.41) is 12.3. The van der Waals surface area contributed by atoms with Crippen LogP contribution in [0.15, 0.2) is 42.2 Å². The molecular weight excluding hydrogens is 419 g/mol. The number of halogens is 2.